The standard InChI is InChI=1S/C11H12FN3O/c12-8-2-1-3-9(4-8)15-5-11(14-7-15)10(13)6-16/h1-5,7,10,16H,6,13H2. The molecule has 3 N–H and O–H groups in total. The van der Waals surface area contributed by atoms with Gasteiger partial charge in [0.15, 0.2) is 0 Å². The topological polar surface area (TPSA) is 64.1 Å². The molecule has 0 spiro atoms. The van der Waals surface area contributed by atoms with Crippen LogP contribution in [0.5, 0.6) is 0 Å². The molecule has 0 aliphatic rings. The lowest BCUT2D eigenvalue weighted by molar-refractivity contribution is 0.266. The summed E-state index contributed by atoms with van der Waals surface area (Å²) in [4.78, 5) is 4.05. The van der Waals surface area contributed by atoms with Crippen LogP contribution in [0.4, 0.5) is 4.39 Å². The summed E-state index contributed by atoms with van der Waals surface area (Å²) in [5.41, 5.74) is 6.86. The highest BCUT2D eigenvalue weighted by Crippen LogP contribution is 2.13. The molecule has 16 heavy (non-hydrogen) atoms. The van der Waals surface area contributed by atoms with E-state index in [4.69, 9.17) is 10.8 Å². The number of halogens is 1. The Bertz CT molecular complexity index is 484. The van der Waals surface area contributed by atoms with Crippen LogP contribution in [-0.2, 0) is 0 Å². The molecular formula is C11H12FN3O. The highest BCUT2D eigenvalue weighted by molar-refractivity contribution is 5.32. The number of nitrogens with zero attached hydrogens (tertiary/aromatic N) is 2. The van der Waals surface area contributed by atoms with Gasteiger partial charge in [-0.25, -0.2) is 9.37 Å². The van der Waals surface area contributed by atoms with Crippen LogP contribution >= 0.6 is 0 Å². The first-order valence-corrected chi connectivity index (χ1v) is 4.87. The maximum atomic E-state index is 13.0. The molecule has 2 aromatic rings. The summed E-state index contributed by atoms with van der Waals surface area (Å²) in [5.74, 6) is -0.306. The Kier molecular flexibility index (Phi) is 2.98. The number of aromatic nitrogens is 2. The van der Waals surface area contributed by atoms with E-state index in [1.807, 2.05) is 0 Å². The molecule has 1 heterocycles. The van der Waals surface area contributed by atoms with Crippen LogP contribution in [0.25, 0.3) is 5.69 Å². The summed E-state index contributed by atoms with van der Waals surface area (Å²) in [6.45, 7) is -0.167. The van der Waals surface area contributed by atoms with E-state index in [1.54, 1.807) is 29.2 Å². The minimum atomic E-state index is -0.505. The molecule has 0 aliphatic heterocycles. The van der Waals surface area contributed by atoms with Crippen molar-refractivity contribution >= 4 is 0 Å². The summed E-state index contributed by atoms with van der Waals surface area (Å²) < 4.78 is 14.6. The molecule has 0 radical (unpaired) electrons. The number of aliphatic hydroxyl groups excluding tert-OH is 1. The summed E-state index contributed by atoms with van der Waals surface area (Å²) in [7, 11) is 0. The quantitative estimate of drug-likeness (QED) is 0.812. The average Bonchev–Trinajstić information content (AvgIpc) is 2.77. The Morgan fingerprint density at radius 2 is 2.31 bits per heavy atom. The minimum Gasteiger partial charge on any atom is -0.394 e. The third kappa shape index (κ3) is 2.10. The van der Waals surface area contributed by atoms with Gasteiger partial charge in [0, 0.05) is 11.9 Å². The first-order valence-electron chi connectivity index (χ1n) is 4.87. The predicted molar refractivity (Wildman–Crippen MR) is 57.5 cm³/mol. The predicted octanol–water partition coefficient (Wildman–Crippen LogP) is 1.00. The molecule has 1 unspecified atom stereocenters. The van der Waals surface area contributed by atoms with Crippen molar-refractivity contribution in [2.45, 2.75) is 6.04 Å². The van der Waals surface area contributed by atoms with Crippen LogP contribution < -0.4 is 5.73 Å². The Balaban J connectivity index is 2.31. The summed E-state index contributed by atoms with van der Waals surface area (Å²) in [5, 5.41) is 8.88. The van der Waals surface area contributed by atoms with Gasteiger partial charge in [0.2, 0.25) is 0 Å². The molecule has 0 aliphatic carbocycles. The fourth-order valence-corrected chi connectivity index (χ4v) is 1.40. The van der Waals surface area contributed by atoms with Crippen molar-refractivity contribution in [2.75, 3.05) is 6.61 Å². The van der Waals surface area contributed by atoms with Crippen molar-refractivity contribution in [2.24, 2.45) is 5.73 Å². The third-order valence-corrected chi connectivity index (χ3v) is 2.29. The first-order chi connectivity index (χ1) is 7.70. The number of nitrogens with two attached hydrogens (primary N) is 1. The van der Waals surface area contributed by atoms with Gasteiger partial charge in [0.25, 0.3) is 0 Å². The highest BCUT2D eigenvalue weighted by atomic mass is 19.1. The smallest absolute Gasteiger partial charge is 0.125 e. The Hall–Kier alpha value is -1.72. The molecule has 1 aromatic heterocycles. The molecular weight excluding hydrogens is 209 g/mol. The largest absolute Gasteiger partial charge is 0.394 e. The number of benzene rings is 1. The van der Waals surface area contributed by atoms with E-state index in [2.05, 4.69) is 4.98 Å². The second-order valence-electron chi connectivity index (χ2n) is 3.47. The van der Waals surface area contributed by atoms with Gasteiger partial charge >= 0.3 is 0 Å². The summed E-state index contributed by atoms with van der Waals surface area (Å²) in [6, 6.07) is 5.65. The van der Waals surface area contributed by atoms with Crippen LogP contribution in [0, 0.1) is 5.82 Å². The van der Waals surface area contributed by atoms with Crippen LogP contribution in [-0.4, -0.2) is 21.3 Å². The van der Waals surface area contributed by atoms with E-state index < -0.39 is 6.04 Å². The number of hydrogen-bond donors (Lipinski definition) is 2. The number of hydrogen-bond acceptors (Lipinski definition) is 3. The van der Waals surface area contributed by atoms with Gasteiger partial charge in [0.05, 0.1) is 24.7 Å². The Labute approximate surface area is 92.2 Å². The van der Waals surface area contributed by atoms with Crippen LogP contribution in [0.1, 0.15) is 11.7 Å². The van der Waals surface area contributed by atoms with Crippen molar-refractivity contribution in [3.8, 4) is 5.69 Å². The molecule has 0 saturated carbocycles. The van der Waals surface area contributed by atoms with Gasteiger partial charge in [-0.1, -0.05) is 6.07 Å². The van der Waals surface area contributed by atoms with Crippen molar-refractivity contribution < 1.29 is 9.50 Å². The van der Waals surface area contributed by atoms with Crippen molar-refractivity contribution in [1.29, 1.82) is 0 Å². The molecule has 1 atom stereocenters. The van der Waals surface area contributed by atoms with Gasteiger partial charge < -0.3 is 15.4 Å². The molecule has 84 valence electrons. The lowest BCUT2D eigenvalue weighted by atomic mass is 10.2. The second-order valence-corrected chi connectivity index (χ2v) is 3.47. The maximum Gasteiger partial charge on any atom is 0.125 e. The molecule has 0 fully saturated rings. The normalized spacial score (nSPS) is 12.7. The van der Waals surface area contributed by atoms with Crippen molar-refractivity contribution in [3.63, 3.8) is 0 Å². The Morgan fingerprint density at radius 1 is 1.50 bits per heavy atom. The van der Waals surface area contributed by atoms with Crippen molar-refractivity contribution in [3.05, 3.63) is 48.3 Å². The van der Waals surface area contributed by atoms with Gasteiger partial charge in [0.1, 0.15) is 5.82 Å². The minimum absolute atomic E-state index is 0.167. The van der Waals surface area contributed by atoms with E-state index in [9.17, 15) is 4.39 Å². The zero-order valence-electron chi connectivity index (χ0n) is 8.55. The van der Waals surface area contributed by atoms with E-state index in [-0.39, 0.29) is 12.4 Å². The van der Waals surface area contributed by atoms with Gasteiger partial charge in [-0.3, -0.25) is 0 Å². The summed E-state index contributed by atoms with van der Waals surface area (Å²) >= 11 is 0. The zero-order valence-corrected chi connectivity index (χ0v) is 8.55. The molecule has 4 nitrogen and oxygen atoms in total. The molecule has 5 heteroatoms. The lowest BCUT2D eigenvalue weighted by Crippen LogP contribution is -2.14. The number of aliphatic hydroxyl groups is 1. The highest BCUT2D eigenvalue weighted by Gasteiger charge is 2.08. The van der Waals surface area contributed by atoms with Gasteiger partial charge in [-0.15, -0.1) is 0 Å². The fraction of sp³-hybridized carbons (Fsp3) is 0.182. The SMILES string of the molecule is NC(CO)c1cn(-c2cccc(F)c2)cn1. The van der Waals surface area contributed by atoms with Gasteiger partial charge in [-0.05, 0) is 18.2 Å². The third-order valence-electron chi connectivity index (χ3n) is 2.29. The average molecular weight is 221 g/mol. The van der Waals surface area contributed by atoms with Gasteiger partial charge in [-0.2, -0.15) is 0 Å². The zero-order chi connectivity index (χ0) is 11.5. The Morgan fingerprint density at radius 3 is 3.00 bits per heavy atom. The number of rotatable bonds is 3. The van der Waals surface area contributed by atoms with E-state index >= 15 is 0 Å². The lowest BCUT2D eigenvalue weighted by Gasteiger charge is -2.03. The van der Waals surface area contributed by atoms with Crippen LogP contribution in [0.15, 0.2) is 36.8 Å². The van der Waals surface area contributed by atoms with E-state index in [1.165, 1.54) is 12.1 Å². The molecule has 0 amide bonds. The molecule has 0 saturated heterocycles. The van der Waals surface area contributed by atoms with E-state index in [0.717, 1.165) is 0 Å². The fourth-order valence-electron chi connectivity index (χ4n) is 1.40. The summed E-state index contributed by atoms with van der Waals surface area (Å²) in [6.07, 6.45) is 3.22. The molecule has 0 bridgehead atoms. The second kappa shape index (κ2) is 4.42. The van der Waals surface area contributed by atoms with Crippen LogP contribution in [0.2, 0.25) is 0 Å². The van der Waals surface area contributed by atoms with E-state index in [0.29, 0.717) is 11.4 Å². The first kappa shape index (κ1) is 10.8. The number of imidazole rings is 1. The molecule has 2 rings (SSSR count). The monoisotopic (exact) mass is 221 g/mol. The van der Waals surface area contributed by atoms with Crippen molar-refractivity contribution in [1.82, 2.24) is 9.55 Å². The maximum absolute atomic E-state index is 13.0. The molecule has 1 aromatic carbocycles. The van der Waals surface area contributed by atoms with Crippen LogP contribution in [0.3, 0.4) is 0 Å².